The van der Waals surface area contributed by atoms with Crippen molar-refractivity contribution in [1.82, 2.24) is 5.32 Å². The molecule has 0 amide bonds. The Hall–Kier alpha value is -0.100. The lowest BCUT2D eigenvalue weighted by atomic mass is 10.0. The molecule has 106 valence electrons. The molecule has 0 aromatic heterocycles. The van der Waals surface area contributed by atoms with Crippen molar-refractivity contribution < 1.29 is 9.47 Å². The highest BCUT2D eigenvalue weighted by Gasteiger charge is 2.14. The van der Waals surface area contributed by atoms with Gasteiger partial charge >= 0.3 is 0 Å². The van der Waals surface area contributed by atoms with E-state index in [1.165, 1.54) is 12.8 Å². The van der Waals surface area contributed by atoms with Gasteiger partial charge < -0.3 is 14.8 Å². The number of ether oxygens (including phenoxy) is 2. The topological polar surface area (TPSA) is 30.5 Å². The summed E-state index contributed by atoms with van der Waals surface area (Å²) in [5, 5.41) is 3.50. The third-order valence-electron chi connectivity index (χ3n) is 3.29. The Labute approximate surface area is 131 Å². The zero-order valence-corrected chi connectivity index (χ0v) is 14.2. The van der Waals surface area contributed by atoms with Crippen LogP contribution in [0, 0.1) is 5.92 Å². The average molecular weight is 393 g/mol. The Kier molecular flexibility index (Phi) is 6.13. The number of methoxy groups -OCH3 is 1. The van der Waals surface area contributed by atoms with Gasteiger partial charge in [0.25, 0.3) is 0 Å². The second-order valence-electron chi connectivity index (χ2n) is 4.79. The van der Waals surface area contributed by atoms with E-state index in [1.54, 1.807) is 7.11 Å². The van der Waals surface area contributed by atoms with Crippen LogP contribution in [-0.4, -0.2) is 26.9 Å². The fourth-order valence-electron chi connectivity index (χ4n) is 2.35. The van der Waals surface area contributed by atoms with E-state index in [4.69, 9.17) is 9.47 Å². The number of hydrogen-bond donors (Lipinski definition) is 1. The van der Waals surface area contributed by atoms with Gasteiger partial charge in [0.1, 0.15) is 5.75 Å². The highest BCUT2D eigenvalue weighted by atomic mass is 79.9. The van der Waals surface area contributed by atoms with E-state index < -0.39 is 0 Å². The van der Waals surface area contributed by atoms with Gasteiger partial charge in [-0.15, -0.1) is 0 Å². The van der Waals surface area contributed by atoms with E-state index in [-0.39, 0.29) is 0 Å². The van der Waals surface area contributed by atoms with Crippen molar-refractivity contribution in [3.63, 3.8) is 0 Å². The van der Waals surface area contributed by atoms with Gasteiger partial charge in [0.15, 0.2) is 0 Å². The lowest BCUT2D eigenvalue weighted by Gasteiger charge is -2.22. The van der Waals surface area contributed by atoms with E-state index in [0.29, 0.717) is 5.92 Å². The Morgan fingerprint density at radius 2 is 2.26 bits per heavy atom. The van der Waals surface area contributed by atoms with E-state index in [1.807, 2.05) is 6.07 Å². The molecule has 2 rings (SSSR count). The summed E-state index contributed by atoms with van der Waals surface area (Å²) in [7, 11) is 1.70. The molecule has 1 aromatic carbocycles. The average Bonchev–Trinajstić information content (AvgIpc) is 2.39. The maximum atomic E-state index is 5.49. The van der Waals surface area contributed by atoms with Gasteiger partial charge in [-0.05, 0) is 46.8 Å². The molecule has 1 aromatic rings. The fourth-order valence-corrected chi connectivity index (χ4v) is 3.83. The summed E-state index contributed by atoms with van der Waals surface area (Å²) in [5.74, 6) is 1.53. The summed E-state index contributed by atoms with van der Waals surface area (Å²) in [6, 6.07) is 4.09. The highest BCUT2D eigenvalue weighted by Crippen LogP contribution is 2.32. The van der Waals surface area contributed by atoms with Crippen LogP contribution in [-0.2, 0) is 11.3 Å². The normalized spacial score (nSPS) is 19.4. The van der Waals surface area contributed by atoms with Gasteiger partial charge in [0.05, 0.1) is 18.2 Å². The van der Waals surface area contributed by atoms with Gasteiger partial charge in [-0.3, -0.25) is 0 Å². The smallest absolute Gasteiger partial charge is 0.137 e. The van der Waals surface area contributed by atoms with E-state index in [0.717, 1.165) is 46.6 Å². The maximum Gasteiger partial charge on any atom is 0.137 e. The molecule has 1 N–H and O–H groups in total. The second-order valence-corrected chi connectivity index (χ2v) is 6.56. The van der Waals surface area contributed by atoms with Gasteiger partial charge in [0.2, 0.25) is 0 Å². The molecule has 3 nitrogen and oxygen atoms in total. The van der Waals surface area contributed by atoms with Crippen LogP contribution < -0.4 is 10.1 Å². The molecule has 1 heterocycles. The summed E-state index contributed by atoms with van der Waals surface area (Å²) in [4.78, 5) is 0. The first-order valence-electron chi connectivity index (χ1n) is 6.51. The number of nitrogens with one attached hydrogen (secondary N) is 1. The quantitative estimate of drug-likeness (QED) is 0.827. The van der Waals surface area contributed by atoms with Gasteiger partial charge in [-0.2, -0.15) is 0 Å². The molecule has 0 radical (unpaired) electrons. The zero-order valence-electron chi connectivity index (χ0n) is 11.0. The van der Waals surface area contributed by atoms with Crippen molar-refractivity contribution in [1.29, 1.82) is 0 Å². The molecular formula is C14H19Br2NO2. The van der Waals surface area contributed by atoms with Crippen LogP contribution in [0.4, 0.5) is 0 Å². The molecular weight excluding hydrogens is 374 g/mol. The van der Waals surface area contributed by atoms with Crippen LogP contribution in [0.25, 0.3) is 0 Å². The molecule has 1 fully saturated rings. The molecule has 1 atom stereocenters. The fraction of sp³-hybridized carbons (Fsp3) is 0.571. The van der Waals surface area contributed by atoms with Crippen molar-refractivity contribution in [2.24, 2.45) is 5.92 Å². The predicted octanol–water partition coefficient (Wildman–Crippen LogP) is 3.74. The van der Waals surface area contributed by atoms with E-state index in [2.05, 4.69) is 43.2 Å². The van der Waals surface area contributed by atoms with Crippen LogP contribution in [0.1, 0.15) is 18.4 Å². The zero-order chi connectivity index (χ0) is 13.7. The first kappa shape index (κ1) is 15.3. The molecule has 1 saturated heterocycles. The minimum Gasteiger partial charge on any atom is -0.495 e. The van der Waals surface area contributed by atoms with Crippen molar-refractivity contribution in [2.45, 2.75) is 19.4 Å². The van der Waals surface area contributed by atoms with Crippen LogP contribution >= 0.6 is 31.9 Å². The summed E-state index contributed by atoms with van der Waals surface area (Å²) in [6.45, 7) is 3.60. The second kappa shape index (κ2) is 7.62. The van der Waals surface area contributed by atoms with Gasteiger partial charge in [-0.1, -0.05) is 15.9 Å². The summed E-state index contributed by atoms with van der Waals surface area (Å²) < 4.78 is 13.0. The maximum absolute atomic E-state index is 5.49. The molecule has 0 spiro atoms. The predicted molar refractivity (Wildman–Crippen MR) is 83.6 cm³/mol. The molecule has 19 heavy (non-hydrogen) atoms. The molecule has 5 heteroatoms. The third-order valence-corrected chi connectivity index (χ3v) is 4.34. The molecule has 1 unspecified atom stereocenters. The standard InChI is InChI=1S/C14H19Br2NO2/c1-18-14-11(5-12(15)6-13(14)16)8-17-7-10-3-2-4-19-9-10/h5-6,10,17H,2-4,7-9H2,1H3. The Bertz CT molecular complexity index is 420. The van der Waals surface area contributed by atoms with Crippen LogP contribution in [0.3, 0.4) is 0 Å². The minimum atomic E-state index is 0.635. The van der Waals surface area contributed by atoms with Crippen molar-refractivity contribution in [3.05, 3.63) is 26.6 Å². The highest BCUT2D eigenvalue weighted by molar-refractivity contribution is 9.11. The van der Waals surface area contributed by atoms with Crippen molar-refractivity contribution in [2.75, 3.05) is 26.9 Å². The minimum absolute atomic E-state index is 0.635. The van der Waals surface area contributed by atoms with Crippen LogP contribution in [0.2, 0.25) is 0 Å². The number of halogens is 2. The van der Waals surface area contributed by atoms with Gasteiger partial charge in [0, 0.05) is 29.7 Å². The summed E-state index contributed by atoms with van der Waals surface area (Å²) >= 11 is 7.04. The van der Waals surface area contributed by atoms with Crippen molar-refractivity contribution >= 4 is 31.9 Å². The number of benzene rings is 1. The first-order valence-corrected chi connectivity index (χ1v) is 8.09. The Morgan fingerprint density at radius 1 is 1.42 bits per heavy atom. The first-order chi connectivity index (χ1) is 9.20. The van der Waals surface area contributed by atoms with Crippen LogP contribution in [0.5, 0.6) is 5.75 Å². The molecule has 1 aliphatic rings. The van der Waals surface area contributed by atoms with Crippen molar-refractivity contribution in [3.8, 4) is 5.75 Å². The number of hydrogen-bond acceptors (Lipinski definition) is 3. The third kappa shape index (κ3) is 4.45. The molecule has 0 saturated carbocycles. The largest absolute Gasteiger partial charge is 0.495 e. The van der Waals surface area contributed by atoms with E-state index in [9.17, 15) is 0 Å². The lowest BCUT2D eigenvalue weighted by Crippen LogP contribution is -2.29. The number of rotatable bonds is 5. The lowest BCUT2D eigenvalue weighted by molar-refractivity contribution is 0.0547. The Balaban J connectivity index is 1.91. The van der Waals surface area contributed by atoms with Crippen LogP contribution in [0.15, 0.2) is 21.1 Å². The molecule has 0 aliphatic carbocycles. The van der Waals surface area contributed by atoms with Gasteiger partial charge in [-0.25, -0.2) is 0 Å². The molecule has 0 bridgehead atoms. The molecule has 1 aliphatic heterocycles. The summed E-state index contributed by atoms with van der Waals surface area (Å²) in [6.07, 6.45) is 2.43. The SMILES string of the molecule is COc1c(Br)cc(Br)cc1CNCC1CCCOC1. The van der Waals surface area contributed by atoms with E-state index >= 15 is 0 Å². The summed E-state index contributed by atoms with van der Waals surface area (Å²) in [5.41, 5.74) is 1.15. The monoisotopic (exact) mass is 391 g/mol. The Morgan fingerprint density at radius 3 is 2.95 bits per heavy atom.